The molecule has 0 radical (unpaired) electrons. The number of Topliss-reactive ketones (excluding diaryl/α,β-unsaturated/α-hetero) is 1. The van der Waals surface area contributed by atoms with Crippen LogP contribution in [0.1, 0.15) is 26.7 Å². The second-order valence-electron chi connectivity index (χ2n) is 4.93. The van der Waals surface area contributed by atoms with Crippen molar-refractivity contribution in [2.24, 2.45) is 0 Å². The highest BCUT2D eigenvalue weighted by Crippen LogP contribution is 2.08. The van der Waals surface area contributed by atoms with Crippen molar-refractivity contribution in [1.82, 2.24) is 9.80 Å². The van der Waals surface area contributed by atoms with Crippen LogP contribution in [0.3, 0.4) is 0 Å². The van der Waals surface area contributed by atoms with Crippen LogP contribution in [0.25, 0.3) is 0 Å². The lowest BCUT2D eigenvalue weighted by atomic mass is 10.1. The standard InChI is InChI=1S/C13H24N2O3/c1-4-18-13(17)6-5-12(16)10-15-8-7-14(3)9-11(15)2/h11H,4-10H2,1-3H3. The summed E-state index contributed by atoms with van der Waals surface area (Å²) in [6.45, 7) is 7.64. The number of ether oxygens (including phenoxy) is 1. The van der Waals surface area contributed by atoms with Crippen molar-refractivity contribution >= 4 is 11.8 Å². The first kappa shape index (κ1) is 15.1. The Kier molecular flexibility index (Phi) is 6.29. The predicted octanol–water partition coefficient (Wildman–Crippen LogP) is 0.535. The van der Waals surface area contributed by atoms with Crippen molar-refractivity contribution in [3.8, 4) is 0 Å². The minimum absolute atomic E-state index is 0.124. The maximum atomic E-state index is 11.8. The van der Waals surface area contributed by atoms with Crippen molar-refractivity contribution in [2.45, 2.75) is 32.7 Å². The van der Waals surface area contributed by atoms with Crippen molar-refractivity contribution < 1.29 is 14.3 Å². The highest BCUT2D eigenvalue weighted by molar-refractivity contribution is 5.84. The van der Waals surface area contributed by atoms with Crippen LogP contribution in [0.2, 0.25) is 0 Å². The number of ketones is 1. The van der Waals surface area contributed by atoms with Crippen LogP contribution in [-0.4, -0.2) is 67.4 Å². The van der Waals surface area contributed by atoms with Crippen LogP contribution in [-0.2, 0) is 14.3 Å². The van der Waals surface area contributed by atoms with E-state index in [9.17, 15) is 9.59 Å². The van der Waals surface area contributed by atoms with Gasteiger partial charge in [0.2, 0.25) is 0 Å². The first-order valence-corrected chi connectivity index (χ1v) is 6.62. The first-order chi connectivity index (χ1) is 8.52. The summed E-state index contributed by atoms with van der Waals surface area (Å²) in [5.41, 5.74) is 0. The molecular weight excluding hydrogens is 232 g/mol. The molecule has 1 saturated heterocycles. The number of esters is 1. The third kappa shape index (κ3) is 5.14. The SMILES string of the molecule is CCOC(=O)CCC(=O)CN1CCN(C)CC1C. The maximum absolute atomic E-state index is 11.8. The molecule has 0 aromatic carbocycles. The van der Waals surface area contributed by atoms with E-state index in [0.29, 0.717) is 19.2 Å². The quantitative estimate of drug-likeness (QED) is 0.649. The Bertz CT molecular complexity index is 294. The second-order valence-corrected chi connectivity index (χ2v) is 4.93. The fourth-order valence-corrected chi connectivity index (χ4v) is 2.19. The molecule has 1 aliphatic heterocycles. The normalized spacial score (nSPS) is 21.8. The summed E-state index contributed by atoms with van der Waals surface area (Å²) in [6.07, 6.45) is 0.493. The molecule has 0 aromatic rings. The van der Waals surface area contributed by atoms with E-state index in [0.717, 1.165) is 19.6 Å². The topological polar surface area (TPSA) is 49.9 Å². The molecular formula is C13H24N2O3. The lowest BCUT2D eigenvalue weighted by Gasteiger charge is -2.37. The largest absolute Gasteiger partial charge is 0.466 e. The number of hydrogen-bond donors (Lipinski definition) is 0. The van der Waals surface area contributed by atoms with Crippen molar-refractivity contribution in [1.29, 1.82) is 0 Å². The fraction of sp³-hybridized carbons (Fsp3) is 0.846. The molecule has 1 heterocycles. The summed E-state index contributed by atoms with van der Waals surface area (Å²) < 4.78 is 4.81. The third-order valence-corrected chi connectivity index (χ3v) is 3.26. The van der Waals surface area contributed by atoms with Gasteiger partial charge in [-0.15, -0.1) is 0 Å². The van der Waals surface area contributed by atoms with Crippen LogP contribution in [0, 0.1) is 0 Å². The molecule has 1 aliphatic rings. The van der Waals surface area contributed by atoms with Crippen LogP contribution in [0.15, 0.2) is 0 Å². The zero-order valence-electron chi connectivity index (χ0n) is 11.6. The van der Waals surface area contributed by atoms with E-state index >= 15 is 0 Å². The van der Waals surface area contributed by atoms with Gasteiger partial charge >= 0.3 is 5.97 Å². The number of likely N-dealkylation sites (N-methyl/N-ethyl adjacent to an activating group) is 1. The van der Waals surface area contributed by atoms with E-state index in [4.69, 9.17) is 4.74 Å². The zero-order chi connectivity index (χ0) is 13.5. The zero-order valence-corrected chi connectivity index (χ0v) is 11.6. The van der Waals surface area contributed by atoms with Gasteiger partial charge in [-0.1, -0.05) is 0 Å². The molecule has 0 saturated carbocycles. The van der Waals surface area contributed by atoms with Gasteiger partial charge in [0.1, 0.15) is 5.78 Å². The molecule has 0 bridgehead atoms. The number of carbonyl (C=O) groups is 2. The monoisotopic (exact) mass is 256 g/mol. The Morgan fingerprint density at radius 3 is 2.61 bits per heavy atom. The smallest absolute Gasteiger partial charge is 0.306 e. The van der Waals surface area contributed by atoms with Gasteiger partial charge in [-0.25, -0.2) is 0 Å². The van der Waals surface area contributed by atoms with E-state index in [1.807, 2.05) is 0 Å². The molecule has 0 N–H and O–H groups in total. The van der Waals surface area contributed by atoms with E-state index in [1.165, 1.54) is 0 Å². The minimum atomic E-state index is -0.280. The van der Waals surface area contributed by atoms with Gasteiger partial charge in [0.05, 0.1) is 19.6 Å². The minimum Gasteiger partial charge on any atom is -0.466 e. The third-order valence-electron chi connectivity index (χ3n) is 3.26. The summed E-state index contributed by atoms with van der Waals surface area (Å²) in [7, 11) is 2.09. The van der Waals surface area contributed by atoms with Gasteiger partial charge in [0.15, 0.2) is 0 Å². The Labute approximate surface area is 109 Å². The van der Waals surface area contributed by atoms with E-state index in [1.54, 1.807) is 6.92 Å². The first-order valence-electron chi connectivity index (χ1n) is 6.62. The molecule has 5 heteroatoms. The number of hydrogen-bond acceptors (Lipinski definition) is 5. The molecule has 104 valence electrons. The van der Waals surface area contributed by atoms with Gasteiger partial charge in [-0.05, 0) is 20.9 Å². The average Bonchev–Trinajstić information content (AvgIpc) is 2.31. The lowest BCUT2D eigenvalue weighted by molar-refractivity contribution is -0.144. The second kappa shape index (κ2) is 7.48. The summed E-state index contributed by atoms with van der Waals surface area (Å²) >= 11 is 0. The molecule has 18 heavy (non-hydrogen) atoms. The average molecular weight is 256 g/mol. The molecule has 5 nitrogen and oxygen atoms in total. The summed E-state index contributed by atoms with van der Waals surface area (Å²) in [5, 5.41) is 0. The van der Waals surface area contributed by atoms with E-state index < -0.39 is 0 Å². The van der Waals surface area contributed by atoms with Crippen LogP contribution >= 0.6 is 0 Å². The van der Waals surface area contributed by atoms with Crippen LogP contribution in [0.4, 0.5) is 0 Å². The number of rotatable bonds is 6. The summed E-state index contributed by atoms with van der Waals surface area (Å²) in [6, 6.07) is 0.398. The molecule has 0 spiro atoms. The molecule has 0 aromatic heterocycles. The molecule has 1 unspecified atom stereocenters. The Hall–Kier alpha value is -0.940. The van der Waals surface area contributed by atoms with Crippen molar-refractivity contribution in [3.05, 3.63) is 0 Å². The maximum Gasteiger partial charge on any atom is 0.306 e. The predicted molar refractivity (Wildman–Crippen MR) is 69.4 cm³/mol. The fourth-order valence-electron chi connectivity index (χ4n) is 2.19. The molecule has 1 rings (SSSR count). The molecule has 0 amide bonds. The molecule has 1 atom stereocenters. The number of carbonyl (C=O) groups excluding carboxylic acids is 2. The van der Waals surface area contributed by atoms with Crippen LogP contribution < -0.4 is 0 Å². The Balaban J connectivity index is 2.25. The van der Waals surface area contributed by atoms with Gasteiger partial charge < -0.3 is 9.64 Å². The van der Waals surface area contributed by atoms with Gasteiger partial charge in [-0.3, -0.25) is 14.5 Å². The van der Waals surface area contributed by atoms with Crippen LogP contribution in [0.5, 0.6) is 0 Å². The van der Waals surface area contributed by atoms with E-state index in [2.05, 4.69) is 23.8 Å². The van der Waals surface area contributed by atoms with Gasteiger partial charge in [0.25, 0.3) is 0 Å². The van der Waals surface area contributed by atoms with Crippen molar-refractivity contribution in [3.63, 3.8) is 0 Å². The van der Waals surface area contributed by atoms with Crippen molar-refractivity contribution in [2.75, 3.05) is 39.8 Å². The molecule has 0 aliphatic carbocycles. The summed E-state index contributed by atoms with van der Waals surface area (Å²) in [4.78, 5) is 27.4. The Morgan fingerprint density at radius 1 is 1.28 bits per heavy atom. The highest BCUT2D eigenvalue weighted by atomic mass is 16.5. The van der Waals surface area contributed by atoms with Gasteiger partial charge in [-0.2, -0.15) is 0 Å². The summed E-state index contributed by atoms with van der Waals surface area (Å²) in [5.74, 6) is -0.156. The van der Waals surface area contributed by atoms with E-state index in [-0.39, 0.29) is 24.6 Å². The highest BCUT2D eigenvalue weighted by Gasteiger charge is 2.23. The van der Waals surface area contributed by atoms with Gasteiger partial charge in [0, 0.05) is 32.1 Å². The molecule has 1 fully saturated rings. The number of nitrogens with zero attached hydrogens (tertiary/aromatic N) is 2. The lowest BCUT2D eigenvalue weighted by Crippen LogP contribution is -2.51. The number of piperazine rings is 1. The Morgan fingerprint density at radius 2 is 2.00 bits per heavy atom.